The van der Waals surface area contributed by atoms with Gasteiger partial charge in [0.2, 0.25) is 0 Å². The summed E-state index contributed by atoms with van der Waals surface area (Å²) in [6, 6.07) is 6.22. The van der Waals surface area contributed by atoms with E-state index in [1.165, 1.54) is 15.6 Å². The Balaban J connectivity index is 0.000000810. The monoisotopic (exact) mass is 212 g/mol. The molecule has 0 saturated heterocycles. The van der Waals surface area contributed by atoms with Crippen molar-refractivity contribution in [3.05, 3.63) is 33.8 Å². The predicted octanol–water partition coefficient (Wildman–Crippen LogP) is 2.69. The van der Waals surface area contributed by atoms with Crippen LogP contribution in [0.5, 0.6) is 0 Å². The molecule has 0 aromatic heterocycles. The van der Waals surface area contributed by atoms with Crippen LogP contribution >= 0.6 is 15.9 Å². The summed E-state index contributed by atoms with van der Waals surface area (Å²) in [5.74, 6) is 0. The lowest BCUT2D eigenvalue weighted by Gasteiger charge is -1.99. The second-order valence-electron chi connectivity index (χ2n) is 2.18. The molecule has 10 heavy (non-hydrogen) atoms. The van der Waals surface area contributed by atoms with Gasteiger partial charge in [-0.3, -0.25) is 0 Å². The van der Waals surface area contributed by atoms with Crippen molar-refractivity contribution >= 4 is 26.9 Å². The highest BCUT2D eigenvalue weighted by molar-refractivity contribution is 9.10. The van der Waals surface area contributed by atoms with Crippen LogP contribution in [0, 0.1) is 13.8 Å². The summed E-state index contributed by atoms with van der Waals surface area (Å²) in [6.45, 7) is 4.22. The lowest BCUT2D eigenvalue weighted by atomic mass is 10.1. The van der Waals surface area contributed by atoms with E-state index in [9.17, 15) is 0 Å². The summed E-state index contributed by atoms with van der Waals surface area (Å²) in [6.07, 6.45) is 0. The quantitative estimate of drug-likeness (QED) is 0.581. The largest absolute Gasteiger partial charge is 0.0609 e. The number of aryl methyl sites for hydroxylation is 1. The Morgan fingerprint density at radius 2 is 1.80 bits per heavy atom. The first kappa shape index (κ1) is 9.92. The molecule has 4 radical (unpaired) electrons. The molecular weight excluding hydrogens is 204 g/mol. The van der Waals surface area contributed by atoms with Gasteiger partial charge in [-0.1, -0.05) is 28.1 Å². The van der Waals surface area contributed by atoms with E-state index >= 15 is 0 Å². The Kier molecular flexibility index (Phi) is 3.90. The van der Waals surface area contributed by atoms with Crippen molar-refractivity contribution in [1.29, 1.82) is 0 Å². The number of halogens is 1. The third-order valence-electron chi connectivity index (χ3n) is 1.54. The average Bonchev–Trinajstić information content (AvgIpc) is 1.83. The maximum absolute atomic E-state index is 3.45. The molecule has 0 N–H and O–H groups in total. The first-order valence-electron chi connectivity index (χ1n) is 2.93. The summed E-state index contributed by atoms with van der Waals surface area (Å²) >= 11 is 3.45. The van der Waals surface area contributed by atoms with Crippen LogP contribution in [-0.4, -0.2) is 11.0 Å². The van der Waals surface area contributed by atoms with Crippen LogP contribution in [0.1, 0.15) is 11.1 Å². The van der Waals surface area contributed by atoms with E-state index in [0.29, 0.717) is 0 Å². The van der Waals surface area contributed by atoms with Gasteiger partial charge in [0.05, 0.1) is 0 Å². The minimum atomic E-state index is 0. The predicted molar refractivity (Wildman–Crippen MR) is 49.4 cm³/mol. The minimum Gasteiger partial charge on any atom is -0.0609 e. The van der Waals surface area contributed by atoms with Gasteiger partial charge < -0.3 is 0 Å². The van der Waals surface area contributed by atoms with Crippen molar-refractivity contribution in [3.63, 3.8) is 0 Å². The van der Waals surface area contributed by atoms with Crippen molar-refractivity contribution in [3.8, 4) is 0 Å². The van der Waals surface area contributed by atoms with Crippen LogP contribution in [0.15, 0.2) is 22.7 Å². The van der Waals surface area contributed by atoms with Crippen LogP contribution < -0.4 is 0 Å². The highest BCUT2D eigenvalue weighted by atomic mass is 79.9. The van der Waals surface area contributed by atoms with E-state index in [-0.39, 0.29) is 11.0 Å². The lowest BCUT2D eigenvalue weighted by Crippen LogP contribution is -1.79. The highest BCUT2D eigenvalue weighted by Crippen LogP contribution is 2.17. The van der Waals surface area contributed by atoms with Crippen molar-refractivity contribution < 1.29 is 0 Å². The molecule has 0 saturated carbocycles. The molecule has 2 heteroatoms. The summed E-state index contributed by atoms with van der Waals surface area (Å²) in [5, 5.41) is 0. The molecule has 0 atom stereocenters. The standard InChI is InChI=1S/C8H9Br.Si/c1-6-4-3-5-8(9)7(6)2;/h3-5H,1-2H3;. The van der Waals surface area contributed by atoms with Crippen molar-refractivity contribution in [2.45, 2.75) is 13.8 Å². The summed E-state index contributed by atoms with van der Waals surface area (Å²) in [5.41, 5.74) is 2.67. The Hall–Kier alpha value is -0.0831. The number of rotatable bonds is 0. The average molecular weight is 213 g/mol. The zero-order valence-corrected chi connectivity index (χ0v) is 8.70. The zero-order chi connectivity index (χ0) is 6.85. The maximum atomic E-state index is 3.45. The molecule has 0 amide bonds. The molecular formula is C8H9BrSi. The minimum absolute atomic E-state index is 0. The summed E-state index contributed by atoms with van der Waals surface area (Å²) < 4.78 is 1.20. The number of hydrogen-bond donors (Lipinski definition) is 0. The fourth-order valence-electron chi connectivity index (χ4n) is 0.715. The third kappa shape index (κ3) is 1.96. The van der Waals surface area contributed by atoms with Crippen LogP contribution in [0.3, 0.4) is 0 Å². The molecule has 0 nitrogen and oxygen atoms in total. The highest BCUT2D eigenvalue weighted by Gasteiger charge is 1.93. The molecule has 1 aromatic carbocycles. The Bertz CT molecular complexity index is 200. The molecule has 52 valence electrons. The Labute approximate surface area is 74.8 Å². The Morgan fingerprint density at radius 3 is 2.20 bits per heavy atom. The van der Waals surface area contributed by atoms with E-state index in [0.717, 1.165) is 0 Å². The van der Waals surface area contributed by atoms with E-state index < -0.39 is 0 Å². The van der Waals surface area contributed by atoms with Gasteiger partial charge in [0, 0.05) is 15.4 Å². The van der Waals surface area contributed by atoms with Gasteiger partial charge in [-0.25, -0.2) is 0 Å². The topological polar surface area (TPSA) is 0 Å². The van der Waals surface area contributed by atoms with Gasteiger partial charge in [0.25, 0.3) is 0 Å². The molecule has 0 aliphatic carbocycles. The number of benzene rings is 1. The first-order valence-corrected chi connectivity index (χ1v) is 3.73. The lowest BCUT2D eigenvalue weighted by molar-refractivity contribution is 1.32. The van der Waals surface area contributed by atoms with Crippen LogP contribution in [0.4, 0.5) is 0 Å². The normalized spacial score (nSPS) is 8.70. The Morgan fingerprint density at radius 1 is 1.20 bits per heavy atom. The van der Waals surface area contributed by atoms with Crippen LogP contribution in [-0.2, 0) is 0 Å². The smallest absolute Gasteiger partial charge is 0.0207 e. The fourth-order valence-corrected chi connectivity index (χ4v) is 1.18. The van der Waals surface area contributed by atoms with Crippen molar-refractivity contribution in [2.75, 3.05) is 0 Å². The third-order valence-corrected chi connectivity index (χ3v) is 2.40. The van der Waals surface area contributed by atoms with Crippen LogP contribution in [0.2, 0.25) is 0 Å². The molecule has 1 rings (SSSR count). The van der Waals surface area contributed by atoms with Gasteiger partial charge in [0.15, 0.2) is 0 Å². The second kappa shape index (κ2) is 3.94. The van der Waals surface area contributed by atoms with Gasteiger partial charge >= 0.3 is 0 Å². The van der Waals surface area contributed by atoms with Crippen molar-refractivity contribution in [1.82, 2.24) is 0 Å². The molecule has 0 unspecified atom stereocenters. The van der Waals surface area contributed by atoms with Crippen LogP contribution in [0.25, 0.3) is 0 Å². The molecule has 0 aliphatic heterocycles. The van der Waals surface area contributed by atoms with E-state index in [4.69, 9.17) is 0 Å². The second-order valence-corrected chi connectivity index (χ2v) is 3.04. The van der Waals surface area contributed by atoms with Crippen molar-refractivity contribution in [2.24, 2.45) is 0 Å². The van der Waals surface area contributed by atoms with E-state index in [2.05, 4.69) is 41.9 Å². The molecule has 0 heterocycles. The fraction of sp³-hybridized carbons (Fsp3) is 0.250. The molecule has 0 fully saturated rings. The van der Waals surface area contributed by atoms with E-state index in [1.54, 1.807) is 0 Å². The van der Waals surface area contributed by atoms with E-state index in [1.807, 2.05) is 6.07 Å². The molecule has 0 bridgehead atoms. The zero-order valence-electron chi connectivity index (χ0n) is 6.11. The van der Waals surface area contributed by atoms with Gasteiger partial charge in [-0.05, 0) is 31.0 Å². The molecule has 1 aromatic rings. The SMILES string of the molecule is Cc1cccc(Br)c1C.[Si]. The summed E-state index contributed by atoms with van der Waals surface area (Å²) in [4.78, 5) is 0. The molecule has 0 aliphatic rings. The maximum Gasteiger partial charge on any atom is 0.0207 e. The van der Waals surface area contributed by atoms with Gasteiger partial charge in [0.1, 0.15) is 0 Å². The first-order chi connectivity index (χ1) is 4.22. The van der Waals surface area contributed by atoms with Gasteiger partial charge in [-0.2, -0.15) is 0 Å². The molecule has 0 spiro atoms. The number of hydrogen-bond acceptors (Lipinski definition) is 0. The van der Waals surface area contributed by atoms with Gasteiger partial charge in [-0.15, -0.1) is 0 Å². The summed E-state index contributed by atoms with van der Waals surface area (Å²) in [7, 11) is 0.